The van der Waals surface area contributed by atoms with Crippen molar-refractivity contribution in [2.75, 3.05) is 33.7 Å². The highest BCUT2D eigenvalue weighted by Gasteiger charge is 2.22. The normalized spacial score (nSPS) is 19.8. The van der Waals surface area contributed by atoms with E-state index >= 15 is 0 Å². The van der Waals surface area contributed by atoms with Gasteiger partial charge in [-0.05, 0) is 33.9 Å². The molecule has 0 aromatic rings. The highest BCUT2D eigenvalue weighted by molar-refractivity contribution is 5.79. The number of aliphatic imine (C=N–C) groups is 1. The third-order valence-electron chi connectivity index (χ3n) is 2.93. The van der Waals surface area contributed by atoms with E-state index in [1.165, 1.54) is 12.8 Å². The lowest BCUT2D eigenvalue weighted by atomic mass is 10.0. The number of nitrogens with zero attached hydrogens (tertiary/aromatic N) is 3. The molecular weight excluding hydrogens is 190 g/mol. The minimum absolute atomic E-state index is 0.696. The Morgan fingerprint density at radius 1 is 1.47 bits per heavy atom. The van der Waals surface area contributed by atoms with Crippen LogP contribution in [0.25, 0.3) is 0 Å². The minimum atomic E-state index is 0.696. The van der Waals surface area contributed by atoms with Gasteiger partial charge in [-0.25, -0.2) is 5.84 Å². The quantitative estimate of drug-likeness (QED) is 0.290. The average molecular weight is 213 g/mol. The molecule has 0 bridgehead atoms. The first-order chi connectivity index (χ1) is 7.19. The maximum atomic E-state index is 5.45. The molecule has 0 aromatic carbocycles. The Balaban J connectivity index is 2.45. The van der Waals surface area contributed by atoms with Crippen LogP contribution < -0.4 is 11.3 Å². The molecule has 0 amide bonds. The molecule has 15 heavy (non-hydrogen) atoms. The van der Waals surface area contributed by atoms with Crippen LogP contribution in [-0.2, 0) is 0 Å². The van der Waals surface area contributed by atoms with Gasteiger partial charge in [-0.2, -0.15) is 0 Å². The molecule has 1 aliphatic heterocycles. The number of hydrogen-bond acceptors (Lipinski definition) is 3. The Morgan fingerprint density at radius 2 is 2.07 bits per heavy atom. The van der Waals surface area contributed by atoms with Crippen molar-refractivity contribution < 1.29 is 0 Å². The summed E-state index contributed by atoms with van der Waals surface area (Å²) in [5.41, 5.74) is 2.68. The molecule has 5 nitrogen and oxygen atoms in total. The Kier molecular flexibility index (Phi) is 4.84. The van der Waals surface area contributed by atoms with Gasteiger partial charge in [0.05, 0.1) is 0 Å². The minimum Gasteiger partial charge on any atom is -0.342 e. The highest BCUT2D eigenvalue weighted by Crippen LogP contribution is 2.13. The summed E-state index contributed by atoms with van der Waals surface area (Å²) in [6.45, 7) is 4.86. The molecule has 0 radical (unpaired) electrons. The predicted octanol–water partition coefficient (Wildman–Crippen LogP) is -0.148. The molecule has 3 N–H and O–H groups in total. The fourth-order valence-corrected chi connectivity index (χ4v) is 1.98. The predicted molar refractivity (Wildman–Crippen MR) is 63.6 cm³/mol. The van der Waals surface area contributed by atoms with E-state index in [9.17, 15) is 0 Å². The van der Waals surface area contributed by atoms with E-state index < -0.39 is 0 Å². The van der Waals surface area contributed by atoms with E-state index in [2.05, 4.69) is 34.3 Å². The number of nitrogens with one attached hydrogen (secondary N) is 1. The van der Waals surface area contributed by atoms with Crippen LogP contribution in [0.4, 0.5) is 0 Å². The smallest absolute Gasteiger partial charge is 0.208 e. The summed E-state index contributed by atoms with van der Waals surface area (Å²) in [6, 6.07) is 0.696. The number of rotatable bonds is 2. The lowest BCUT2D eigenvalue weighted by Crippen LogP contribution is -2.50. The molecule has 88 valence electrons. The summed E-state index contributed by atoms with van der Waals surface area (Å²) in [5.74, 6) is 6.28. The van der Waals surface area contributed by atoms with E-state index in [1.54, 1.807) is 0 Å². The zero-order valence-corrected chi connectivity index (χ0v) is 10.0. The molecule has 5 heteroatoms. The van der Waals surface area contributed by atoms with Gasteiger partial charge in [-0.3, -0.25) is 10.4 Å². The van der Waals surface area contributed by atoms with Crippen molar-refractivity contribution in [2.24, 2.45) is 10.8 Å². The van der Waals surface area contributed by atoms with Crippen molar-refractivity contribution in [3.05, 3.63) is 0 Å². The van der Waals surface area contributed by atoms with Crippen molar-refractivity contribution in [3.8, 4) is 0 Å². The molecule has 1 heterocycles. The SMILES string of the molecule is CCN=C(NN)N1CCC(N(C)C)CC1. The average Bonchev–Trinajstić information content (AvgIpc) is 2.26. The van der Waals surface area contributed by atoms with Gasteiger partial charge in [0.25, 0.3) is 0 Å². The van der Waals surface area contributed by atoms with Gasteiger partial charge in [0.2, 0.25) is 5.96 Å². The first-order valence-electron chi connectivity index (χ1n) is 5.61. The molecule has 1 aliphatic rings. The third kappa shape index (κ3) is 3.35. The van der Waals surface area contributed by atoms with Crippen LogP contribution >= 0.6 is 0 Å². The largest absolute Gasteiger partial charge is 0.342 e. The Bertz CT molecular complexity index is 206. The standard InChI is InChI=1S/C10H23N5/c1-4-12-10(13-11)15-7-5-9(6-8-15)14(2)3/h9H,4-8,11H2,1-3H3,(H,12,13). The molecule has 0 unspecified atom stereocenters. The van der Waals surface area contributed by atoms with Crippen molar-refractivity contribution in [3.63, 3.8) is 0 Å². The molecule has 0 aliphatic carbocycles. The van der Waals surface area contributed by atoms with Crippen molar-refractivity contribution in [1.29, 1.82) is 0 Å². The van der Waals surface area contributed by atoms with Crippen LogP contribution in [0, 0.1) is 0 Å². The number of piperidine rings is 1. The number of likely N-dealkylation sites (tertiary alicyclic amines) is 1. The topological polar surface area (TPSA) is 56.9 Å². The second-order valence-corrected chi connectivity index (χ2v) is 4.12. The van der Waals surface area contributed by atoms with Crippen LogP contribution in [0.5, 0.6) is 0 Å². The van der Waals surface area contributed by atoms with E-state index in [1.807, 2.05) is 6.92 Å². The molecule has 1 rings (SSSR count). The van der Waals surface area contributed by atoms with Crippen LogP contribution in [0.15, 0.2) is 4.99 Å². The zero-order chi connectivity index (χ0) is 11.3. The fourth-order valence-electron chi connectivity index (χ4n) is 1.98. The van der Waals surface area contributed by atoms with E-state index in [4.69, 9.17) is 5.84 Å². The summed E-state index contributed by atoms with van der Waals surface area (Å²) in [6.07, 6.45) is 2.36. The number of nitrogens with two attached hydrogens (primary N) is 1. The van der Waals surface area contributed by atoms with Gasteiger partial charge in [0.15, 0.2) is 0 Å². The monoisotopic (exact) mass is 213 g/mol. The Labute approximate surface area is 92.3 Å². The van der Waals surface area contributed by atoms with E-state index in [-0.39, 0.29) is 0 Å². The summed E-state index contributed by atoms with van der Waals surface area (Å²) < 4.78 is 0. The summed E-state index contributed by atoms with van der Waals surface area (Å²) in [5, 5.41) is 0. The van der Waals surface area contributed by atoms with Gasteiger partial charge in [0.1, 0.15) is 0 Å². The molecular formula is C10H23N5. The van der Waals surface area contributed by atoms with Crippen molar-refractivity contribution in [1.82, 2.24) is 15.2 Å². The molecule has 1 saturated heterocycles. The van der Waals surface area contributed by atoms with Crippen LogP contribution in [0.1, 0.15) is 19.8 Å². The van der Waals surface area contributed by atoms with Crippen LogP contribution in [-0.4, -0.2) is 55.5 Å². The first-order valence-corrected chi connectivity index (χ1v) is 5.61. The number of hydrazine groups is 1. The molecule has 0 aromatic heterocycles. The lowest BCUT2D eigenvalue weighted by Gasteiger charge is -2.36. The van der Waals surface area contributed by atoms with E-state index in [0.717, 1.165) is 25.6 Å². The van der Waals surface area contributed by atoms with Gasteiger partial charge in [-0.1, -0.05) is 0 Å². The molecule has 0 atom stereocenters. The third-order valence-corrected chi connectivity index (χ3v) is 2.93. The molecule has 0 saturated carbocycles. The maximum Gasteiger partial charge on any atom is 0.208 e. The van der Waals surface area contributed by atoms with Gasteiger partial charge >= 0.3 is 0 Å². The highest BCUT2D eigenvalue weighted by atomic mass is 15.4. The van der Waals surface area contributed by atoms with Gasteiger partial charge < -0.3 is 9.80 Å². The Morgan fingerprint density at radius 3 is 2.47 bits per heavy atom. The first kappa shape index (κ1) is 12.3. The second-order valence-electron chi connectivity index (χ2n) is 4.12. The molecule has 0 spiro atoms. The summed E-state index contributed by atoms with van der Waals surface area (Å²) >= 11 is 0. The fraction of sp³-hybridized carbons (Fsp3) is 0.900. The summed E-state index contributed by atoms with van der Waals surface area (Å²) in [7, 11) is 4.28. The number of guanidine groups is 1. The van der Waals surface area contributed by atoms with E-state index in [0.29, 0.717) is 6.04 Å². The zero-order valence-electron chi connectivity index (χ0n) is 10.0. The van der Waals surface area contributed by atoms with Gasteiger partial charge in [-0.15, -0.1) is 0 Å². The van der Waals surface area contributed by atoms with Crippen LogP contribution in [0.3, 0.4) is 0 Å². The summed E-state index contributed by atoms with van der Waals surface area (Å²) in [4.78, 5) is 8.85. The molecule has 1 fully saturated rings. The maximum absolute atomic E-state index is 5.45. The van der Waals surface area contributed by atoms with Crippen molar-refractivity contribution in [2.45, 2.75) is 25.8 Å². The second kappa shape index (κ2) is 5.92. The Hall–Kier alpha value is -0.810. The number of hydrogen-bond donors (Lipinski definition) is 2. The lowest BCUT2D eigenvalue weighted by molar-refractivity contribution is 0.188. The van der Waals surface area contributed by atoms with Crippen molar-refractivity contribution >= 4 is 5.96 Å². The van der Waals surface area contributed by atoms with Gasteiger partial charge in [0, 0.05) is 25.7 Å². The van der Waals surface area contributed by atoms with Crippen LogP contribution in [0.2, 0.25) is 0 Å².